The molecule has 0 aromatic heterocycles. The highest BCUT2D eigenvalue weighted by Gasteiger charge is 2.30. The van der Waals surface area contributed by atoms with E-state index in [0.717, 1.165) is 23.0 Å². The van der Waals surface area contributed by atoms with Gasteiger partial charge in [-0.15, -0.1) is 0 Å². The van der Waals surface area contributed by atoms with Gasteiger partial charge in [0.2, 0.25) is 0 Å². The molecule has 2 rings (SSSR count). The van der Waals surface area contributed by atoms with E-state index in [-0.39, 0.29) is 11.9 Å². The molecule has 110 valence electrons. The zero-order valence-electron chi connectivity index (χ0n) is 12.4. The van der Waals surface area contributed by atoms with Gasteiger partial charge in [-0.25, -0.2) is 4.39 Å². The van der Waals surface area contributed by atoms with E-state index < -0.39 is 0 Å². The molecule has 1 atom stereocenters. The molecule has 1 unspecified atom stereocenters. The number of nitrogens with one attached hydrogen (secondary N) is 1. The first-order chi connectivity index (χ1) is 9.58. The number of thioether (sulfide) groups is 1. The van der Waals surface area contributed by atoms with Crippen molar-refractivity contribution in [1.82, 2.24) is 5.32 Å². The number of hydrogen-bond acceptors (Lipinski definition) is 3. The van der Waals surface area contributed by atoms with E-state index in [1.165, 1.54) is 25.0 Å². The van der Waals surface area contributed by atoms with Crippen molar-refractivity contribution in [3.8, 4) is 0 Å². The van der Waals surface area contributed by atoms with Crippen LogP contribution in [0.2, 0.25) is 0 Å². The van der Waals surface area contributed by atoms with Crippen molar-refractivity contribution in [1.29, 1.82) is 0 Å². The molecular weight excluding hydrogens is 271 g/mol. The topological polar surface area (TPSA) is 24.4 Å². The molecule has 0 saturated carbocycles. The molecule has 0 aliphatic carbocycles. The van der Waals surface area contributed by atoms with Crippen LogP contribution in [0.25, 0.3) is 0 Å². The Hall–Kier alpha value is -1.03. The van der Waals surface area contributed by atoms with Gasteiger partial charge in [-0.3, -0.25) is 4.99 Å². The maximum absolute atomic E-state index is 12.9. The number of aliphatic imine (C=N–C) groups is 1. The maximum atomic E-state index is 12.9. The highest BCUT2D eigenvalue weighted by Crippen LogP contribution is 2.35. The lowest BCUT2D eigenvalue weighted by atomic mass is 9.84. The van der Waals surface area contributed by atoms with E-state index in [1.54, 1.807) is 0 Å². The molecule has 1 heterocycles. The van der Waals surface area contributed by atoms with Gasteiger partial charge in [0.05, 0.1) is 6.04 Å². The van der Waals surface area contributed by atoms with Gasteiger partial charge in [0, 0.05) is 12.3 Å². The summed E-state index contributed by atoms with van der Waals surface area (Å²) in [6.45, 7) is 7.49. The van der Waals surface area contributed by atoms with Crippen LogP contribution in [0.5, 0.6) is 0 Å². The van der Waals surface area contributed by atoms with Gasteiger partial charge in [-0.2, -0.15) is 0 Å². The Morgan fingerprint density at radius 3 is 2.45 bits per heavy atom. The Kier molecular flexibility index (Phi) is 5.08. The summed E-state index contributed by atoms with van der Waals surface area (Å²) in [7, 11) is 0. The predicted octanol–water partition coefficient (Wildman–Crippen LogP) is 4.39. The molecule has 4 heteroatoms. The van der Waals surface area contributed by atoms with E-state index in [4.69, 9.17) is 4.99 Å². The summed E-state index contributed by atoms with van der Waals surface area (Å²) >= 11 is 1.81. The molecule has 0 bridgehead atoms. The summed E-state index contributed by atoms with van der Waals surface area (Å²) in [5, 5.41) is 4.44. The van der Waals surface area contributed by atoms with Crippen molar-refractivity contribution in [3.05, 3.63) is 35.6 Å². The number of rotatable bonds is 4. The largest absolute Gasteiger partial charge is 0.358 e. The summed E-state index contributed by atoms with van der Waals surface area (Å²) in [5.74, 6) is 0.933. The molecule has 1 aliphatic rings. The summed E-state index contributed by atoms with van der Waals surface area (Å²) < 4.78 is 12.9. The van der Waals surface area contributed by atoms with Crippen molar-refractivity contribution in [2.75, 3.05) is 12.3 Å². The van der Waals surface area contributed by atoms with E-state index >= 15 is 0 Å². The van der Waals surface area contributed by atoms with Crippen molar-refractivity contribution in [3.63, 3.8) is 0 Å². The molecule has 1 aromatic rings. The fourth-order valence-electron chi connectivity index (χ4n) is 2.34. The smallest absolute Gasteiger partial charge is 0.157 e. The molecule has 1 aliphatic heterocycles. The summed E-state index contributed by atoms with van der Waals surface area (Å²) in [6.07, 6.45) is 2.36. The van der Waals surface area contributed by atoms with Gasteiger partial charge >= 0.3 is 0 Å². The number of nitrogens with zero attached hydrogens (tertiary/aromatic N) is 1. The average molecular weight is 294 g/mol. The van der Waals surface area contributed by atoms with Gasteiger partial charge in [-0.05, 0) is 42.9 Å². The fourth-order valence-corrected chi connectivity index (χ4v) is 3.70. The lowest BCUT2D eigenvalue weighted by Gasteiger charge is -2.34. The van der Waals surface area contributed by atoms with Crippen LogP contribution in [-0.2, 0) is 0 Å². The molecule has 1 N–H and O–H groups in total. The minimum absolute atomic E-state index is 0.151. The van der Waals surface area contributed by atoms with Crippen molar-refractivity contribution >= 4 is 16.9 Å². The Balaban J connectivity index is 1.97. The van der Waals surface area contributed by atoms with Gasteiger partial charge in [-0.1, -0.05) is 37.7 Å². The van der Waals surface area contributed by atoms with E-state index in [2.05, 4.69) is 26.1 Å². The SMILES string of the molecule is CCC1(CC)CN=C(NC(C)c2ccc(F)cc2)SC1. The molecule has 0 saturated heterocycles. The van der Waals surface area contributed by atoms with Gasteiger partial charge in [0.15, 0.2) is 5.17 Å². The number of benzene rings is 1. The molecule has 20 heavy (non-hydrogen) atoms. The van der Waals surface area contributed by atoms with Crippen LogP contribution in [0.3, 0.4) is 0 Å². The van der Waals surface area contributed by atoms with Crippen molar-refractivity contribution in [2.45, 2.75) is 39.7 Å². The first-order valence-electron chi connectivity index (χ1n) is 7.28. The third-order valence-corrected chi connectivity index (χ3v) is 5.56. The van der Waals surface area contributed by atoms with Gasteiger partial charge in [0.1, 0.15) is 5.82 Å². The molecule has 1 aromatic carbocycles. The minimum Gasteiger partial charge on any atom is -0.358 e. The van der Waals surface area contributed by atoms with Crippen LogP contribution >= 0.6 is 11.8 Å². The van der Waals surface area contributed by atoms with E-state index in [9.17, 15) is 4.39 Å². The summed E-state index contributed by atoms with van der Waals surface area (Å²) in [4.78, 5) is 4.70. The summed E-state index contributed by atoms with van der Waals surface area (Å²) in [5.41, 5.74) is 1.45. The number of halogens is 1. The molecule has 0 fully saturated rings. The molecule has 0 radical (unpaired) electrons. The van der Waals surface area contributed by atoms with Crippen LogP contribution in [-0.4, -0.2) is 17.5 Å². The summed E-state index contributed by atoms with van der Waals surface area (Å²) in [6, 6.07) is 6.80. The Morgan fingerprint density at radius 1 is 1.30 bits per heavy atom. The zero-order valence-corrected chi connectivity index (χ0v) is 13.3. The van der Waals surface area contributed by atoms with Crippen LogP contribution in [0, 0.1) is 11.2 Å². The number of hydrogen-bond donors (Lipinski definition) is 1. The van der Waals surface area contributed by atoms with Crippen LogP contribution in [0.4, 0.5) is 4.39 Å². The van der Waals surface area contributed by atoms with Crippen LogP contribution in [0.1, 0.15) is 45.2 Å². The van der Waals surface area contributed by atoms with E-state index in [1.807, 2.05) is 23.9 Å². The van der Waals surface area contributed by atoms with Crippen LogP contribution < -0.4 is 5.32 Å². The first kappa shape index (κ1) is 15.4. The highest BCUT2D eigenvalue weighted by molar-refractivity contribution is 8.13. The zero-order chi connectivity index (χ0) is 14.6. The third kappa shape index (κ3) is 3.54. The Labute approximate surface area is 125 Å². The van der Waals surface area contributed by atoms with Crippen LogP contribution in [0.15, 0.2) is 29.3 Å². The fraction of sp³-hybridized carbons (Fsp3) is 0.562. The predicted molar refractivity (Wildman–Crippen MR) is 85.7 cm³/mol. The normalized spacial score (nSPS) is 19.3. The second kappa shape index (κ2) is 6.61. The Morgan fingerprint density at radius 2 is 1.95 bits per heavy atom. The Bertz CT molecular complexity index is 466. The molecular formula is C16H23FN2S. The lowest BCUT2D eigenvalue weighted by Crippen LogP contribution is -2.35. The molecule has 0 amide bonds. The van der Waals surface area contributed by atoms with Gasteiger partial charge < -0.3 is 5.32 Å². The molecule has 2 nitrogen and oxygen atoms in total. The van der Waals surface area contributed by atoms with Crippen molar-refractivity contribution < 1.29 is 4.39 Å². The standard InChI is InChI=1S/C16H23FN2S/c1-4-16(5-2)10-18-15(20-11-16)19-12(3)13-6-8-14(17)9-7-13/h6-9,12H,4-5,10-11H2,1-3H3,(H,18,19). The number of amidine groups is 1. The van der Waals surface area contributed by atoms with Gasteiger partial charge in [0.25, 0.3) is 0 Å². The lowest BCUT2D eigenvalue weighted by molar-refractivity contribution is 0.318. The third-order valence-electron chi connectivity index (χ3n) is 4.28. The van der Waals surface area contributed by atoms with Crippen molar-refractivity contribution in [2.24, 2.45) is 10.4 Å². The quantitative estimate of drug-likeness (QED) is 0.891. The molecule has 0 spiro atoms. The second-order valence-corrected chi connectivity index (χ2v) is 6.50. The average Bonchev–Trinajstić information content (AvgIpc) is 2.49. The first-order valence-corrected chi connectivity index (χ1v) is 8.26. The maximum Gasteiger partial charge on any atom is 0.157 e. The second-order valence-electron chi connectivity index (χ2n) is 5.53. The van der Waals surface area contributed by atoms with E-state index in [0.29, 0.717) is 5.41 Å². The minimum atomic E-state index is -0.194. The monoisotopic (exact) mass is 294 g/mol. The highest BCUT2D eigenvalue weighted by atomic mass is 32.2.